The van der Waals surface area contributed by atoms with Crippen molar-refractivity contribution in [2.75, 3.05) is 0 Å². The molecule has 0 spiro atoms. The van der Waals surface area contributed by atoms with Gasteiger partial charge in [0.15, 0.2) is 0 Å². The number of rotatable bonds is 4. The number of aliphatic carboxylic acids is 1. The molecule has 1 amide bonds. The lowest BCUT2D eigenvalue weighted by Gasteiger charge is -2.21. The van der Waals surface area contributed by atoms with E-state index < -0.39 is 12.0 Å². The molecule has 1 fully saturated rings. The van der Waals surface area contributed by atoms with Crippen LogP contribution in [0.2, 0.25) is 0 Å². The quantitative estimate of drug-likeness (QED) is 0.943. The number of carbonyl (C=O) groups is 2. The summed E-state index contributed by atoms with van der Waals surface area (Å²) in [6, 6.07) is 15.5. The van der Waals surface area contributed by atoms with E-state index in [1.54, 1.807) is 0 Å². The number of hydrogen-bond acceptors (Lipinski definition) is 2. The van der Waals surface area contributed by atoms with E-state index in [0.717, 1.165) is 11.1 Å². The number of benzene rings is 2. The van der Waals surface area contributed by atoms with E-state index in [9.17, 15) is 14.7 Å². The molecule has 118 valence electrons. The van der Waals surface area contributed by atoms with Crippen molar-refractivity contribution in [3.05, 3.63) is 59.7 Å². The van der Waals surface area contributed by atoms with E-state index in [2.05, 4.69) is 19.1 Å². The number of nitrogens with zero attached hydrogens (tertiary/aromatic N) is 1. The molecule has 0 radical (unpaired) electrons. The summed E-state index contributed by atoms with van der Waals surface area (Å²) in [4.78, 5) is 24.6. The molecule has 0 bridgehead atoms. The highest BCUT2D eigenvalue weighted by atomic mass is 16.4. The van der Waals surface area contributed by atoms with Gasteiger partial charge in [-0.05, 0) is 35.6 Å². The van der Waals surface area contributed by atoms with Gasteiger partial charge in [-0.3, -0.25) is 4.79 Å². The lowest BCUT2D eigenvalue weighted by molar-refractivity contribution is -0.146. The van der Waals surface area contributed by atoms with Crippen LogP contribution in [0.5, 0.6) is 0 Å². The SMILES string of the molecule is Cc1ccccc1-c1ccc(CN2C(=O)CCC2C(=O)O)cc1. The van der Waals surface area contributed by atoms with Crippen molar-refractivity contribution in [3.63, 3.8) is 0 Å². The van der Waals surface area contributed by atoms with Gasteiger partial charge in [-0.15, -0.1) is 0 Å². The number of likely N-dealkylation sites (tertiary alicyclic amines) is 1. The Labute approximate surface area is 135 Å². The van der Waals surface area contributed by atoms with Crippen molar-refractivity contribution in [1.82, 2.24) is 4.90 Å². The van der Waals surface area contributed by atoms with Crippen molar-refractivity contribution >= 4 is 11.9 Å². The summed E-state index contributed by atoms with van der Waals surface area (Å²) in [6.07, 6.45) is 0.716. The van der Waals surface area contributed by atoms with E-state index in [0.29, 0.717) is 19.4 Å². The maximum Gasteiger partial charge on any atom is 0.326 e. The molecule has 2 aromatic carbocycles. The molecule has 23 heavy (non-hydrogen) atoms. The molecule has 1 heterocycles. The largest absolute Gasteiger partial charge is 0.480 e. The lowest BCUT2D eigenvalue weighted by Crippen LogP contribution is -2.37. The second kappa shape index (κ2) is 6.24. The molecule has 1 N–H and O–H groups in total. The Bertz CT molecular complexity index is 737. The molecule has 0 aliphatic carbocycles. The minimum Gasteiger partial charge on any atom is -0.480 e. The molecule has 2 aromatic rings. The van der Waals surface area contributed by atoms with E-state index in [1.807, 2.05) is 36.4 Å². The summed E-state index contributed by atoms with van der Waals surface area (Å²) in [5.74, 6) is -1.01. The molecule has 1 aliphatic rings. The highest BCUT2D eigenvalue weighted by Gasteiger charge is 2.35. The Morgan fingerprint density at radius 2 is 1.87 bits per heavy atom. The molecule has 1 unspecified atom stereocenters. The standard InChI is InChI=1S/C19H19NO3/c1-13-4-2-3-5-16(13)15-8-6-14(7-9-15)12-20-17(19(22)23)10-11-18(20)21/h2-9,17H,10-12H2,1H3,(H,22,23). The van der Waals surface area contributed by atoms with Crippen molar-refractivity contribution in [2.24, 2.45) is 0 Å². The van der Waals surface area contributed by atoms with Crippen LogP contribution in [0.4, 0.5) is 0 Å². The zero-order chi connectivity index (χ0) is 16.4. The van der Waals surface area contributed by atoms with Crippen LogP contribution in [-0.4, -0.2) is 27.9 Å². The average molecular weight is 309 g/mol. The van der Waals surface area contributed by atoms with Crippen molar-refractivity contribution in [1.29, 1.82) is 0 Å². The van der Waals surface area contributed by atoms with Crippen LogP contribution in [-0.2, 0) is 16.1 Å². The fourth-order valence-electron chi connectivity index (χ4n) is 3.07. The summed E-state index contributed by atoms with van der Waals surface area (Å²) in [6.45, 7) is 2.42. The molecular weight excluding hydrogens is 290 g/mol. The molecule has 0 saturated carbocycles. The lowest BCUT2D eigenvalue weighted by atomic mass is 9.99. The highest BCUT2D eigenvalue weighted by Crippen LogP contribution is 2.25. The van der Waals surface area contributed by atoms with E-state index >= 15 is 0 Å². The third-order valence-electron chi connectivity index (χ3n) is 4.38. The van der Waals surface area contributed by atoms with Crippen LogP contribution < -0.4 is 0 Å². The third-order valence-corrected chi connectivity index (χ3v) is 4.38. The molecule has 4 heteroatoms. The molecule has 1 saturated heterocycles. The number of hydrogen-bond donors (Lipinski definition) is 1. The first kappa shape index (κ1) is 15.3. The van der Waals surface area contributed by atoms with E-state index in [-0.39, 0.29) is 5.91 Å². The normalized spacial score (nSPS) is 17.5. The van der Waals surface area contributed by atoms with Crippen LogP contribution in [0.1, 0.15) is 24.0 Å². The van der Waals surface area contributed by atoms with Crippen LogP contribution in [0, 0.1) is 6.92 Å². The monoisotopic (exact) mass is 309 g/mol. The third kappa shape index (κ3) is 3.11. The molecule has 1 aliphatic heterocycles. The fourth-order valence-corrected chi connectivity index (χ4v) is 3.07. The predicted octanol–water partition coefficient (Wildman–Crippen LogP) is 3.24. The fraction of sp³-hybridized carbons (Fsp3) is 0.263. The Hall–Kier alpha value is -2.62. The first-order valence-electron chi connectivity index (χ1n) is 7.73. The number of carbonyl (C=O) groups excluding carboxylic acids is 1. The van der Waals surface area contributed by atoms with Gasteiger partial charge in [-0.25, -0.2) is 4.79 Å². The van der Waals surface area contributed by atoms with Gasteiger partial charge in [0.25, 0.3) is 0 Å². The summed E-state index contributed by atoms with van der Waals surface area (Å²) < 4.78 is 0. The van der Waals surface area contributed by atoms with E-state index in [1.165, 1.54) is 16.0 Å². The minimum atomic E-state index is -0.924. The van der Waals surface area contributed by atoms with Crippen LogP contribution in [0.3, 0.4) is 0 Å². The topological polar surface area (TPSA) is 57.6 Å². The minimum absolute atomic E-state index is 0.0830. The summed E-state index contributed by atoms with van der Waals surface area (Å²) >= 11 is 0. The Morgan fingerprint density at radius 1 is 1.17 bits per heavy atom. The number of aryl methyl sites for hydroxylation is 1. The average Bonchev–Trinajstić information content (AvgIpc) is 2.90. The van der Waals surface area contributed by atoms with Crippen molar-refractivity contribution in [3.8, 4) is 11.1 Å². The van der Waals surface area contributed by atoms with Crippen LogP contribution in [0.15, 0.2) is 48.5 Å². The predicted molar refractivity (Wildman–Crippen MR) is 87.8 cm³/mol. The number of amides is 1. The zero-order valence-corrected chi connectivity index (χ0v) is 13.0. The first-order chi connectivity index (χ1) is 11.1. The second-order valence-electron chi connectivity index (χ2n) is 5.93. The van der Waals surface area contributed by atoms with Gasteiger partial charge in [0.1, 0.15) is 6.04 Å². The molecular formula is C19H19NO3. The summed E-state index contributed by atoms with van der Waals surface area (Å²) in [7, 11) is 0. The molecule has 1 atom stereocenters. The van der Waals surface area contributed by atoms with Crippen molar-refractivity contribution < 1.29 is 14.7 Å². The van der Waals surface area contributed by atoms with Gasteiger partial charge in [-0.1, -0.05) is 48.5 Å². The molecule has 4 nitrogen and oxygen atoms in total. The van der Waals surface area contributed by atoms with Gasteiger partial charge < -0.3 is 10.0 Å². The van der Waals surface area contributed by atoms with Gasteiger partial charge in [-0.2, -0.15) is 0 Å². The second-order valence-corrected chi connectivity index (χ2v) is 5.93. The zero-order valence-electron chi connectivity index (χ0n) is 13.0. The van der Waals surface area contributed by atoms with Gasteiger partial charge in [0.05, 0.1) is 0 Å². The van der Waals surface area contributed by atoms with Crippen molar-refractivity contribution in [2.45, 2.75) is 32.4 Å². The maximum atomic E-state index is 11.9. The molecule has 3 rings (SSSR count). The summed E-state index contributed by atoms with van der Waals surface area (Å²) in [5.41, 5.74) is 4.46. The van der Waals surface area contributed by atoms with Gasteiger partial charge >= 0.3 is 5.97 Å². The highest BCUT2D eigenvalue weighted by molar-refractivity contribution is 5.87. The number of carboxylic acids is 1. The Balaban J connectivity index is 1.79. The Kier molecular flexibility index (Phi) is 4.15. The summed E-state index contributed by atoms with van der Waals surface area (Å²) in [5, 5.41) is 9.21. The van der Waals surface area contributed by atoms with Crippen LogP contribution in [0.25, 0.3) is 11.1 Å². The molecule has 0 aromatic heterocycles. The number of carboxylic acid groups (broad SMARTS) is 1. The smallest absolute Gasteiger partial charge is 0.326 e. The Morgan fingerprint density at radius 3 is 2.52 bits per heavy atom. The van der Waals surface area contributed by atoms with Crippen LogP contribution >= 0.6 is 0 Å². The maximum absolute atomic E-state index is 11.9. The van der Waals surface area contributed by atoms with Gasteiger partial charge in [0.2, 0.25) is 5.91 Å². The van der Waals surface area contributed by atoms with E-state index in [4.69, 9.17) is 0 Å². The van der Waals surface area contributed by atoms with Gasteiger partial charge in [0, 0.05) is 13.0 Å². The first-order valence-corrected chi connectivity index (χ1v) is 7.73.